The van der Waals surface area contributed by atoms with E-state index >= 15 is 0 Å². The Bertz CT molecular complexity index is 1430. The third-order valence-corrected chi connectivity index (χ3v) is 7.26. The van der Waals surface area contributed by atoms with Gasteiger partial charge in [-0.1, -0.05) is 6.07 Å². The van der Waals surface area contributed by atoms with Crippen molar-refractivity contribution in [2.75, 3.05) is 26.5 Å². The second-order valence-electron chi connectivity index (χ2n) is 8.27. The molecule has 37 heavy (non-hydrogen) atoms. The highest BCUT2D eigenvalue weighted by Crippen LogP contribution is 2.28. The maximum absolute atomic E-state index is 13.3. The van der Waals surface area contributed by atoms with E-state index in [1.807, 2.05) is 0 Å². The smallest absolute Gasteiger partial charge is 0.276 e. The van der Waals surface area contributed by atoms with Crippen molar-refractivity contribution in [2.24, 2.45) is 0 Å². The van der Waals surface area contributed by atoms with Gasteiger partial charge < -0.3 is 15.0 Å². The van der Waals surface area contributed by atoms with Crippen LogP contribution in [0.25, 0.3) is 6.08 Å². The molecule has 0 aliphatic rings. The summed E-state index contributed by atoms with van der Waals surface area (Å²) in [5.41, 5.74) is 3.72. The average molecular weight is 525 g/mol. The Balaban J connectivity index is 1.95. The molecule has 0 atom stereocenters. The topological polar surface area (TPSA) is 138 Å². The quantitative estimate of drug-likeness (QED) is 0.221. The number of aryl methyl sites for hydroxylation is 1. The number of carbonyl (C=O) groups is 2. The molecule has 3 rings (SSSR count). The highest BCUT2D eigenvalue weighted by atomic mass is 32.2. The zero-order chi connectivity index (χ0) is 27.2. The first-order chi connectivity index (χ1) is 17.6. The fraction of sp³-hybridized carbons (Fsp3) is 0.192. The van der Waals surface area contributed by atoms with Crippen LogP contribution in [0.1, 0.15) is 27.0 Å². The molecule has 0 saturated carbocycles. The maximum Gasteiger partial charge on any atom is 0.276 e. The Labute approximate surface area is 215 Å². The van der Waals surface area contributed by atoms with Gasteiger partial charge in [-0.25, -0.2) is 18.9 Å². The van der Waals surface area contributed by atoms with E-state index in [2.05, 4.69) is 10.3 Å². The summed E-state index contributed by atoms with van der Waals surface area (Å²) in [6.45, 7) is 1.78. The van der Waals surface area contributed by atoms with Gasteiger partial charge in [0.1, 0.15) is 5.75 Å². The van der Waals surface area contributed by atoms with Crippen molar-refractivity contribution in [3.8, 4) is 5.75 Å². The molecule has 1 aromatic heterocycles. The normalized spacial score (nSPS) is 11.3. The van der Waals surface area contributed by atoms with Gasteiger partial charge in [0.25, 0.3) is 5.91 Å². The monoisotopic (exact) mass is 524 g/mol. The van der Waals surface area contributed by atoms with E-state index in [0.717, 1.165) is 0 Å². The van der Waals surface area contributed by atoms with Crippen LogP contribution in [0.3, 0.4) is 0 Å². The van der Waals surface area contributed by atoms with Crippen LogP contribution in [0.4, 0.5) is 5.69 Å². The Morgan fingerprint density at radius 1 is 1.14 bits per heavy atom. The predicted molar refractivity (Wildman–Crippen MR) is 138 cm³/mol. The van der Waals surface area contributed by atoms with Gasteiger partial charge in [-0.15, -0.1) is 0 Å². The van der Waals surface area contributed by atoms with Crippen LogP contribution in [-0.4, -0.2) is 56.5 Å². The number of nitrogens with zero attached hydrogens (tertiary/aromatic N) is 2. The number of rotatable bonds is 9. The maximum atomic E-state index is 13.3. The molecule has 0 aliphatic heterocycles. The molecular formula is C26H28N4O6S. The number of aromatic nitrogens is 1. The molecule has 10 nitrogen and oxygen atoms in total. The van der Waals surface area contributed by atoms with Gasteiger partial charge in [-0.2, -0.15) is 0 Å². The summed E-state index contributed by atoms with van der Waals surface area (Å²) < 4.78 is 31.7. The number of hydrogen-bond donors (Lipinski definition) is 3. The Morgan fingerprint density at radius 2 is 1.84 bits per heavy atom. The molecule has 2 amide bonds. The molecule has 0 unspecified atom stereocenters. The van der Waals surface area contributed by atoms with E-state index in [-0.39, 0.29) is 27.9 Å². The molecule has 194 valence electrons. The van der Waals surface area contributed by atoms with Crippen molar-refractivity contribution >= 4 is 33.4 Å². The lowest BCUT2D eigenvalue weighted by Crippen LogP contribution is -2.21. The number of anilines is 1. The zero-order valence-corrected chi connectivity index (χ0v) is 21.7. The Kier molecular flexibility index (Phi) is 8.64. The number of pyridine rings is 1. The summed E-state index contributed by atoms with van der Waals surface area (Å²) in [6.07, 6.45) is 4.33. The van der Waals surface area contributed by atoms with Gasteiger partial charge in [0.05, 0.1) is 23.3 Å². The lowest BCUT2D eigenvalue weighted by Gasteiger charge is -2.17. The molecule has 0 aliphatic carbocycles. The van der Waals surface area contributed by atoms with E-state index in [9.17, 15) is 23.2 Å². The number of ether oxygens (including phenoxy) is 1. The molecule has 0 radical (unpaired) electrons. The fourth-order valence-corrected chi connectivity index (χ4v) is 4.96. The van der Waals surface area contributed by atoms with E-state index in [1.54, 1.807) is 62.9 Å². The van der Waals surface area contributed by atoms with Gasteiger partial charge in [0.2, 0.25) is 15.7 Å². The van der Waals surface area contributed by atoms with Crippen LogP contribution in [0.2, 0.25) is 0 Å². The first-order valence-electron chi connectivity index (χ1n) is 11.1. The van der Waals surface area contributed by atoms with E-state index in [1.165, 1.54) is 42.5 Å². The first kappa shape index (κ1) is 27.4. The second-order valence-corrected chi connectivity index (χ2v) is 10.1. The van der Waals surface area contributed by atoms with Crippen molar-refractivity contribution in [1.82, 2.24) is 15.4 Å². The van der Waals surface area contributed by atoms with Crippen LogP contribution < -0.4 is 15.5 Å². The molecule has 0 spiro atoms. The SMILES string of the molecule is COc1ccc(S(=O)(=O)c2ncccc2CNc2c(C)cc(/C=C/C(=O)N(C)C)cc2C(=O)NO)cc1. The number of hydrogen-bond acceptors (Lipinski definition) is 8. The van der Waals surface area contributed by atoms with Gasteiger partial charge in [-0.3, -0.25) is 14.8 Å². The van der Waals surface area contributed by atoms with Crippen LogP contribution in [0, 0.1) is 6.92 Å². The lowest BCUT2D eigenvalue weighted by molar-refractivity contribution is -0.123. The molecule has 0 saturated heterocycles. The van der Waals surface area contributed by atoms with Crippen molar-refractivity contribution in [3.05, 3.63) is 83.1 Å². The minimum absolute atomic E-state index is 0.0272. The van der Waals surface area contributed by atoms with Crippen molar-refractivity contribution in [1.29, 1.82) is 0 Å². The molecule has 3 aromatic rings. The highest BCUT2D eigenvalue weighted by Gasteiger charge is 2.23. The molecule has 1 heterocycles. The first-order valence-corrected chi connectivity index (χ1v) is 12.6. The predicted octanol–water partition coefficient (Wildman–Crippen LogP) is 3.06. The number of sulfone groups is 1. The molecule has 2 aromatic carbocycles. The zero-order valence-electron chi connectivity index (χ0n) is 20.8. The number of methoxy groups -OCH3 is 1. The number of amides is 2. The number of carbonyl (C=O) groups excluding carboxylic acids is 2. The number of benzene rings is 2. The summed E-state index contributed by atoms with van der Waals surface area (Å²) in [4.78, 5) is 29.9. The van der Waals surface area contributed by atoms with Crippen LogP contribution in [0.5, 0.6) is 5.75 Å². The molecule has 3 N–H and O–H groups in total. The summed E-state index contributed by atoms with van der Waals surface area (Å²) in [5, 5.41) is 12.3. The minimum atomic E-state index is -3.94. The molecule has 11 heteroatoms. The van der Waals surface area contributed by atoms with Crippen molar-refractivity contribution < 1.29 is 28.0 Å². The molecular weight excluding hydrogens is 496 g/mol. The average Bonchev–Trinajstić information content (AvgIpc) is 2.90. The second kappa shape index (κ2) is 11.7. The van der Waals surface area contributed by atoms with Crippen LogP contribution in [0.15, 0.2) is 70.7 Å². The third-order valence-electron chi connectivity index (χ3n) is 5.49. The number of nitrogens with one attached hydrogen (secondary N) is 2. The van der Waals surface area contributed by atoms with Crippen LogP contribution in [-0.2, 0) is 21.2 Å². The summed E-state index contributed by atoms with van der Waals surface area (Å²) in [5.74, 6) is -0.469. The third kappa shape index (κ3) is 6.32. The van der Waals surface area contributed by atoms with Crippen molar-refractivity contribution in [3.63, 3.8) is 0 Å². The van der Waals surface area contributed by atoms with E-state index in [0.29, 0.717) is 28.1 Å². The Hall–Kier alpha value is -4.22. The van der Waals surface area contributed by atoms with Crippen molar-refractivity contribution in [2.45, 2.75) is 23.4 Å². The summed E-state index contributed by atoms with van der Waals surface area (Å²) in [7, 11) is 0.795. The van der Waals surface area contributed by atoms with Crippen LogP contribution >= 0.6 is 0 Å². The highest BCUT2D eigenvalue weighted by molar-refractivity contribution is 7.91. The summed E-state index contributed by atoms with van der Waals surface area (Å²) in [6, 6.07) is 12.5. The fourth-order valence-electron chi connectivity index (χ4n) is 3.55. The summed E-state index contributed by atoms with van der Waals surface area (Å²) >= 11 is 0. The molecule has 0 bridgehead atoms. The number of hydroxylamine groups is 1. The van der Waals surface area contributed by atoms with E-state index < -0.39 is 15.7 Å². The largest absolute Gasteiger partial charge is 0.497 e. The van der Waals surface area contributed by atoms with Gasteiger partial charge in [0.15, 0.2) is 5.03 Å². The molecule has 0 fully saturated rings. The standard InChI is InChI=1S/C26H28N4O6S/c1-17-14-18(7-12-23(31)30(2)3)15-22(25(32)29-33)24(17)28-16-19-6-5-13-27-26(19)37(34,35)21-10-8-20(36-4)9-11-21/h5-15,28,33H,16H2,1-4H3,(H,29,32)/b12-7+. The Morgan fingerprint density at radius 3 is 2.46 bits per heavy atom. The van der Waals surface area contributed by atoms with Gasteiger partial charge >= 0.3 is 0 Å². The van der Waals surface area contributed by atoms with E-state index in [4.69, 9.17) is 4.74 Å². The minimum Gasteiger partial charge on any atom is -0.497 e. The lowest BCUT2D eigenvalue weighted by atomic mass is 10.0. The van der Waals surface area contributed by atoms with Gasteiger partial charge in [0, 0.05) is 38.5 Å². The number of likely N-dealkylation sites (N-methyl/N-ethyl adjacent to an activating group) is 1. The van der Waals surface area contributed by atoms with Gasteiger partial charge in [-0.05, 0) is 66.6 Å².